The molecular formula is C18H26ClN3O4S. The first kappa shape index (κ1) is 23.4. The summed E-state index contributed by atoms with van der Waals surface area (Å²) in [7, 11) is 0. The lowest BCUT2D eigenvalue weighted by atomic mass is 10.0. The number of halogens is 1. The predicted octanol–water partition coefficient (Wildman–Crippen LogP) is 3.23. The number of nitrogens with one attached hydrogen (secondary N) is 1. The number of ether oxygens (including phenoxy) is 1. The standard InChI is InChI=1S/C18H25N3O4S.ClH/c1-3-25-18(23)17(19-13(2)22)15-6-4-14(5-7-15)12-21-10-8-16(9-11-21)26-20-24;/h4-7,16-17H,3,8-12H2,1-2H3,(H,19,22);1H. The second-order valence-electron chi connectivity index (χ2n) is 6.28. The van der Waals surface area contributed by atoms with Gasteiger partial charge >= 0.3 is 5.97 Å². The van der Waals surface area contributed by atoms with E-state index >= 15 is 0 Å². The van der Waals surface area contributed by atoms with E-state index in [9.17, 15) is 14.5 Å². The van der Waals surface area contributed by atoms with Gasteiger partial charge in [-0.25, -0.2) is 4.79 Å². The van der Waals surface area contributed by atoms with Gasteiger partial charge in [-0.15, -0.1) is 17.3 Å². The Morgan fingerprint density at radius 1 is 1.30 bits per heavy atom. The van der Waals surface area contributed by atoms with E-state index in [0.29, 0.717) is 10.8 Å². The van der Waals surface area contributed by atoms with Gasteiger partial charge in [-0.1, -0.05) is 24.3 Å². The number of piperidine rings is 1. The average molecular weight is 416 g/mol. The molecule has 7 nitrogen and oxygen atoms in total. The van der Waals surface area contributed by atoms with Gasteiger partial charge in [0, 0.05) is 35.2 Å². The first-order chi connectivity index (χ1) is 12.5. The third kappa shape index (κ3) is 7.48. The molecule has 1 atom stereocenters. The minimum atomic E-state index is -0.787. The van der Waals surface area contributed by atoms with E-state index in [1.807, 2.05) is 24.3 Å². The summed E-state index contributed by atoms with van der Waals surface area (Å²) in [5.74, 6) is -0.739. The molecule has 1 fully saturated rings. The molecule has 0 spiro atoms. The molecule has 1 N–H and O–H groups in total. The second kappa shape index (κ2) is 11.9. The van der Waals surface area contributed by atoms with Gasteiger partial charge in [0.2, 0.25) is 5.91 Å². The smallest absolute Gasteiger partial charge is 0.333 e. The third-order valence-electron chi connectivity index (χ3n) is 4.32. The molecule has 150 valence electrons. The second-order valence-corrected chi connectivity index (χ2v) is 7.31. The van der Waals surface area contributed by atoms with Gasteiger partial charge in [-0.05, 0) is 44.0 Å². The number of benzene rings is 1. The zero-order chi connectivity index (χ0) is 18.9. The Labute approximate surface area is 170 Å². The van der Waals surface area contributed by atoms with Crippen LogP contribution in [0.4, 0.5) is 0 Å². The van der Waals surface area contributed by atoms with E-state index in [4.69, 9.17) is 4.74 Å². The van der Waals surface area contributed by atoms with Crippen molar-refractivity contribution < 1.29 is 14.3 Å². The van der Waals surface area contributed by atoms with Crippen molar-refractivity contribution in [2.75, 3.05) is 19.7 Å². The van der Waals surface area contributed by atoms with Crippen molar-refractivity contribution in [1.29, 1.82) is 0 Å². The third-order valence-corrected chi connectivity index (χ3v) is 5.17. The molecule has 0 bridgehead atoms. The topological polar surface area (TPSA) is 88.1 Å². The van der Waals surface area contributed by atoms with Gasteiger partial charge in [-0.3, -0.25) is 9.69 Å². The summed E-state index contributed by atoms with van der Waals surface area (Å²) in [4.78, 5) is 36.1. The normalized spacial score (nSPS) is 16.1. The summed E-state index contributed by atoms with van der Waals surface area (Å²) in [6, 6.07) is 6.86. The first-order valence-electron chi connectivity index (χ1n) is 8.77. The summed E-state index contributed by atoms with van der Waals surface area (Å²) in [6.07, 6.45) is 1.92. The van der Waals surface area contributed by atoms with E-state index in [1.165, 1.54) is 6.92 Å². The summed E-state index contributed by atoms with van der Waals surface area (Å²) >= 11 is 1.14. The lowest BCUT2D eigenvalue weighted by Gasteiger charge is -2.30. The summed E-state index contributed by atoms with van der Waals surface area (Å²) < 4.78 is 7.97. The molecule has 9 heteroatoms. The number of rotatable bonds is 8. The minimum absolute atomic E-state index is 0. The average Bonchev–Trinajstić information content (AvgIpc) is 2.62. The molecule has 0 radical (unpaired) electrons. The maximum absolute atomic E-state index is 12.1. The van der Waals surface area contributed by atoms with Gasteiger partial charge in [-0.2, -0.15) is 0 Å². The highest BCUT2D eigenvalue weighted by Crippen LogP contribution is 2.25. The van der Waals surface area contributed by atoms with Crippen molar-refractivity contribution in [3.63, 3.8) is 0 Å². The van der Waals surface area contributed by atoms with Gasteiger partial charge in [0.25, 0.3) is 0 Å². The molecule has 0 saturated carbocycles. The van der Waals surface area contributed by atoms with Crippen molar-refractivity contribution in [2.45, 2.75) is 44.5 Å². The number of hydrogen-bond acceptors (Lipinski definition) is 7. The number of nitrogens with zero attached hydrogens (tertiary/aromatic N) is 2. The molecule has 1 unspecified atom stereocenters. The fourth-order valence-electron chi connectivity index (χ4n) is 3.01. The van der Waals surface area contributed by atoms with E-state index in [-0.39, 0.29) is 24.9 Å². The molecular weight excluding hydrogens is 390 g/mol. The van der Waals surface area contributed by atoms with Crippen LogP contribution in [0.15, 0.2) is 28.8 Å². The van der Waals surface area contributed by atoms with E-state index in [2.05, 4.69) is 14.8 Å². The van der Waals surface area contributed by atoms with Crippen LogP contribution in [0, 0.1) is 4.91 Å². The van der Waals surface area contributed by atoms with Crippen LogP contribution < -0.4 is 5.32 Å². The highest BCUT2D eigenvalue weighted by atomic mass is 35.5. The maximum atomic E-state index is 12.1. The van der Waals surface area contributed by atoms with Crippen LogP contribution in [0.5, 0.6) is 0 Å². The van der Waals surface area contributed by atoms with Gasteiger partial charge < -0.3 is 10.1 Å². The lowest BCUT2D eigenvalue weighted by Crippen LogP contribution is -2.34. The summed E-state index contributed by atoms with van der Waals surface area (Å²) in [5, 5.41) is 2.97. The van der Waals surface area contributed by atoms with Crippen molar-refractivity contribution in [1.82, 2.24) is 10.2 Å². The van der Waals surface area contributed by atoms with Crippen LogP contribution in [0.25, 0.3) is 0 Å². The Hall–Kier alpha value is -1.64. The SMILES string of the molecule is CCOC(=O)C(NC(C)=O)c1ccc(CN2CCC(SN=O)CC2)cc1.Cl. The van der Waals surface area contributed by atoms with Gasteiger partial charge in [0.05, 0.1) is 6.61 Å². The van der Waals surface area contributed by atoms with Gasteiger partial charge in [0.15, 0.2) is 6.04 Å². The minimum Gasteiger partial charge on any atom is -0.464 e. The molecule has 1 aliphatic heterocycles. The zero-order valence-electron chi connectivity index (χ0n) is 15.6. The van der Waals surface area contributed by atoms with E-state index < -0.39 is 12.0 Å². The van der Waals surface area contributed by atoms with Crippen molar-refractivity contribution in [3.05, 3.63) is 40.3 Å². The quantitative estimate of drug-likeness (QED) is 0.398. The summed E-state index contributed by atoms with van der Waals surface area (Å²) in [5.41, 5.74) is 1.84. The Kier molecular flexibility index (Phi) is 10.4. The largest absolute Gasteiger partial charge is 0.464 e. The van der Waals surface area contributed by atoms with Crippen LogP contribution in [0.3, 0.4) is 0 Å². The number of nitroso groups, excluding NO2 is 1. The fraction of sp³-hybridized carbons (Fsp3) is 0.556. The fourth-order valence-corrected chi connectivity index (χ4v) is 3.56. The van der Waals surface area contributed by atoms with E-state index in [0.717, 1.165) is 50.0 Å². The van der Waals surface area contributed by atoms with Crippen LogP contribution in [0.2, 0.25) is 0 Å². The maximum Gasteiger partial charge on any atom is 0.333 e. The Balaban J connectivity index is 0.00000364. The van der Waals surface area contributed by atoms with Crippen LogP contribution in [0.1, 0.15) is 43.9 Å². The van der Waals surface area contributed by atoms with Crippen molar-refractivity contribution in [2.24, 2.45) is 4.58 Å². The predicted molar refractivity (Wildman–Crippen MR) is 109 cm³/mol. The highest BCUT2D eigenvalue weighted by molar-refractivity contribution is 7.98. The molecule has 1 amide bonds. The zero-order valence-corrected chi connectivity index (χ0v) is 17.2. The molecule has 1 heterocycles. The first-order valence-corrected chi connectivity index (χ1v) is 9.60. The van der Waals surface area contributed by atoms with Crippen LogP contribution in [-0.4, -0.2) is 41.7 Å². The van der Waals surface area contributed by atoms with Crippen LogP contribution in [-0.2, 0) is 20.9 Å². The molecule has 1 aromatic rings. The van der Waals surface area contributed by atoms with Crippen molar-refractivity contribution >= 4 is 36.2 Å². The molecule has 1 aliphatic rings. The Morgan fingerprint density at radius 3 is 2.44 bits per heavy atom. The van der Waals surface area contributed by atoms with Crippen molar-refractivity contribution in [3.8, 4) is 0 Å². The number of esters is 1. The highest BCUT2D eigenvalue weighted by Gasteiger charge is 2.23. The summed E-state index contributed by atoms with van der Waals surface area (Å²) in [6.45, 7) is 6.07. The Morgan fingerprint density at radius 2 is 1.93 bits per heavy atom. The number of carbonyl (C=O) groups excluding carboxylic acids is 2. The number of amides is 1. The molecule has 27 heavy (non-hydrogen) atoms. The molecule has 0 aliphatic carbocycles. The molecule has 2 rings (SSSR count). The Bertz CT molecular complexity index is 622. The van der Waals surface area contributed by atoms with E-state index in [1.54, 1.807) is 6.92 Å². The lowest BCUT2D eigenvalue weighted by molar-refractivity contribution is -0.147. The molecule has 1 saturated heterocycles. The number of likely N-dealkylation sites (tertiary alicyclic amines) is 1. The van der Waals surface area contributed by atoms with Crippen LogP contribution >= 0.6 is 24.4 Å². The molecule has 0 aromatic heterocycles. The monoisotopic (exact) mass is 415 g/mol. The number of carbonyl (C=O) groups is 2. The van der Waals surface area contributed by atoms with Gasteiger partial charge in [0.1, 0.15) is 0 Å². The molecule has 1 aromatic carbocycles. The number of hydrogen-bond donors (Lipinski definition) is 1.